The van der Waals surface area contributed by atoms with E-state index < -0.39 is 0 Å². The third-order valence-electron chi connectivity index (χ3n) is 6.24. The SMILES string of the molecule is CCNC(=NCC1(CCO)CCCCC1)NCC(C(C)C)N1CCOCC1. The molecular formula is C21H42N4O2. The molecule has 1 aliphatic heterocycles. The molecule has 0 aromatic heterocycles. The Kier molecular flexibility index (Phi) is 9.87. The standard InChI is InChI=1S/C21H42N4O2/c1-4-22-20(24-17-21(10-13-26)8-6-5-7-9-21)23-16-19(18(2)3)25-11-14-27-15-12-25/h18-19,26H,4-17H2,1-3H3,(H2,22,23,24). The van der Waals surface area contributed by atoms with Crippen LogP contribution in [0.25, 0.3) is 0 Å². The Balaban J connectivity index is 1.96. The van der Waals surface area contributed by atoms with Gasteiger partial charge >= 0.3 is 0 Å². The number of hydrogen-bond donors (Lipinski definition) is 3. The summed E-state index contributed by atoms with van der Waals surface area (Å²) in [6.07, 6.45) is 7.12. The van der Waals surface area contributed by atoms with Crippen LogP contribution in [0.3, 0.4) is 0 Å². The first-order valence-electron chi connectivity index (χ1n) is 11.0. The maximum Gasteiger partial charge on any atom is 0.191 e. The van der Waals surface area contributed by atoms with Crippen molar-refractivity contribution >= 4 is 5.96 Å². The van der Waals surface area contributed by atoms with Gasteiger partial charge in [-0.15, -0.1) is 0 Å². The van der Waals surface area contributed by atoms with Gasteiger partial charge in [0.15, 0.2) is 5.96 Å². The molecule has 6 nitrogen and oxygen atoms in total. The molecule has 1 saturated carbocycles. The first-order chi connectivity index (χ1) is 13.1. The summed E-state index contributed by atoms with van der Waals surface area (Å²) in [5.41, 5.74) is 0.191. The summed E-state index contributed by atoms with van der Waals surface area (Å²) >= 11 is 0. The van der Waals surface area contributed by atoms with Crippen LogP contribution in [0.5, 0.6) is 0 Å². The summed E-state index contributed by atoms with van der Waals surface area (Å²) in [4.78, 5) is 7.49. The number of aliphatic hydroxyl groups excluding tert-OH is 1. The van der Waals surface area contributed by atoms with Crippen LogP contribution in [0.4, 0.5) is 0 Å². The summed E-state index contributed by atoms with van der Waals surface area (Å²) in [6, 6.07) is 0.485. The van der Waals surface area contributed by atoms with Crippen molar-refractivity contribution in [2.75, 3.05) is 52.5 Å². The second kappa shape index (κ2) is 11.9. The van der Waals surface area contributed by atoms with E-state index in [-0.39, 0.29) is 12.0 Å². The van der Waals surface area contributed by atoms with Crippen LogP contribution in [0, 0.1) is 11.3 Å². The molecular weight excluding hydrogens is 340 g/mol. The molecule has 0 aromatic rings. The van der Waals surface area contributed by atoms with Gasteiger partial charge in [-0.05, 0) is 37.5 Å². The lowest BCUT2D eigenvalue weighted by Gasteiger charge is -2.37. The normalized spacial score (nSPS) is 22.6. The lowest BCUT2D eigenvalue weighted by atomic mass is 9.72. The van der Waals surface area contributed by atoms with Crippen LogP contribution in [-0.4, -0.2) is 74.6 Å². The highest BCUT2D eigenvalue weighted by Gasteiger charge is 2.31. The zero-order chi connectivity index (χ0) is 19.5. The van der Waals surface area contributed by atoms with Crippen molar-refractivity contribution in [2.24, 2.45) is 16.3 Å². The molecule has 1 saturated heterocycles. The molecule has 3 N–H and O–H groups in total. The van der Waals surface area contributed by atoms with Gasteiger partial charge in [0.25, 0.3) is 0 Å². The molecule has 6 heteroatoms. The van der Waals surface area contributed by atoms with Crippen molar-refractivity contribution in [3.63, 3.8) is 0 Å². The Morgan fingerprint density at radius 1 is 1.15 bits per heavy atom. The third kappa shape index (κ3) is 7.24. The van der Waals surface area contributed by atoms with Crippen molar-refractivity contribution in [1.29, 1.82) is 0 Å². The molecule has 2 aliphatic rings. The van der Waals surface area contributed by atoms with Crippen LogP contribution in [0.1, 0.15) is 59.3 Å². The second-order valence-electron chi connectivity index (χ2n) is 8.57. The lowest BCUT2D eigenvalue weighted by molar-refractivity contribution is 0.00751. The Bertz CT molecular complexity index is 424. The highest BCUT2D eigenvalue weighted by Crippen LogP contribution is 2.39. The highest BCUT2D eigenvalue weighted by molar-refractivity contribution is 5.79. The fourth-order valence-electron chi connectivity index (χ4n) is 4.51. The molecule has 0 bridgehead atoms. The highest BCUT2D eigenvalue weighted by atomic mass is 16.5. The topological polar surface area (TPSA) is 69.1 Å². The Hall–Kier alpha value is -0.850. The fourth-order valence-corrected chi connectivity index (χ4v) is 4.51. The van der Waals surface area contributed by atoms with E-state index in [2.05, 4.69) is 36.3 Å². The van der Waals surface area contributed by atoms with Crippen LogP contribution < -0.4 is 10.6 Å². The van der Waals surface area contributed by atoms with E-state index in [1.165, 1.54) is 32.1 Å². The molecule has 27 heavy (non-hydrogen) atoms. The maximum atomic E-state index is 9.54. The summed E-state index contributed by atoms with van der Waals surface area (Å²) in [7, 11) is 0. The number of morpholine rings is 1. The van der Waals surface area contributed by atoms with Gasteiger partial charge in [-0.3, -0.25) is 9.89 Å². The van der Waals surface area contributed by atoms with Gasteiger partial charge in [-0.1, -0.05) is 33.1 Å². The van der Waals surface area contributed by atoms with Gasteiger partial charge in [-0.25, -0.2) is 0 Å². The summed E-state index contributed by atoms with van der Waals surface area (Å²) in [5.74, 6) is 1.50. The molecule has 2 fully saturated rings. The van der Waals surface area contributed by atoms with Crippen molar-refractivity contribution in [1.82, 2.24) is 15.5 Å². The first kappa shape index (κ1) is 22.4. The Morgan fingerprint density at radius 2 is 1.85 bits per heavy atom. The van der Waals surface area contributed by atoms with E-state index in [4.69, 9.17) is 9.73 Å². The number of aliphatic hydroxyl groups is 1. The van der Waals surface area contributed by atoms with Gasteiger partial charge in [0.05, 0.1) is 13.2 Å². The first-order valence-corrected chi connectivity index (χ1v) is 11.0. The summed E-state index contributed by atoms with van der Waals surface area (Å²) in [5, 5.41) is 16.5. The number of hydrogen-bond acceptors (Lipinski definition) is 4. The van der Waals surface area contributed by atoms with Crippen LogP contribution in [0.2, 0.25) is 0 Å². The molecule has 0 radical (unpaired) electrons. The minimum absolute atomic E-state index is 0.191. The molecule has 0 amide bonds. The number of aliphatic imine (C=N–C) groups is 1. The summed E-state index contributed by atoms with van der Waals surface area (Å²) < 4.78 is 5.52. The van der Waals surface area contributed by atoms with E-state index in [0.717, 1.165) is 58.3 Å². The predicted molar refractivity (Wildman–Crippen MR) is 112 cm³/mol. The molecule has 2 rings (SSSR count). The van der Waals surface area contributed by atoms with Gasteiger partial charge in [0.1, 0.15) is 0 Å². The number of nitrogens with one attached hydrogen (secondary N) is 2. The van der Waals surface area contributed by atoms with Crippen LogP contribution >= 0.6 is 0 Å². The van der Waals surface area contributed by atoms with Gasteiger partial charge < -0.3 is 20.5 Å². The van der Waals surface area contributed by atoms with Crippen molar-refractivity contribution in [2.45, 2.75) is 65.3 Å². The van der Waals surface area contributed by atoms with Crippen LogP contribution in [-0.2, 0) is 4.74 Å². The zero-order valence-corrected chi connectivity index (χ0v) is 17.8. The molecule has 0 aromatic carbocycles. The van der Waals surface area contributed by atoms with E-state index in [9.17, 15) is 5.11 Å². The molecule has 1 heterocycles. The zero-order valence-electron chi connectivity index (χ0n) is 17.8. The minimum Gasteiger partial charge on any atom is -0.396 e. The number of nitrogens with zero attached hydrogens (tertiary/aromatic N) is 2. The van der Waals surface area contributed by atoms with E-state index in [0.29, 0.717) is 12.0 Å². The Labute approximate surface area is 166 Å². The van der Waals surface area contributed by atoms with Crippen molar-refractivity contribution in [3.8, 4) is 0 Å². The van der Waals surface area contributed by atoms with Gasteiger partial charge in [0, 0.05) is 45.4 Å². The monoisotopic (exact) mass is 382 g/mol. The lowest BCUT2D eigenvalue weighted by Crippen LogP contribution is -2.52. The number of rotatable bonds is 9. The third-order valence-corrected chi connectivity index (χ3v) is 6.24. The number of guanidine groups is 1. The average Bonchev–Trinajstić information content (AvgIpc) is 2.68. The largest absolute Gasteiger partial charge is 0.396 e. The average molecular weight is 383 g/mol. The molecule has 1 unspecified atom stereocenters. The van der Waals surface area contributed by atoms with E-state index >= 15 is 0 Å². The van der Waals surface area contributed by atoms with E-state index in [1.807, 2.05) is 0 Å². The molecule has 158 valence electrons. The predicted octanol–water partition coefficient (Wildman–Crippen LogP) is 2.23. The van der Waals surface area contributed by atoms with Crippen molar-refractivity contribution in [3.05, 3.63) is 0 Å². The fraction of sp³-hybridized carbons (Fsp3) is 0.952. The van der Waals surface area contributed by atoms with Gasteiger partial charge in [-0.2, -0.15) is 0 Å². The van der Waals surface area contributed by atoms with E-state index in [1.54, 1.807) is 0 Å². The summed E-state index contributed by atoms with van der Waals surface area (Å²) in [6.45, 7) is 13.2. The number of ether oxygens (including phenoxy) is 1. The Morgan fingerprint density at radius 3 is 2.44 bits per heavy atom. The van der Waals surface area contributed by atoms with Crippen LogP contribution in [0.15, 0.2) is 4.99 Å². The van der Waals surface area contributed by atoms with Crippen molar-refractivity contribution < 1.29 is 9.84 Å². The molecule has 0 spiro atoms. The quantitative estimate of drug-likeness (QED) is 0.421. The second-order valence-corrected chi connectivity index (χ2v) is 8.57. The van der Waals surface area contributed by atoms with Gasteiger partial charge in [0.2, 0.25) is 0 Å². The minimum atomic E-state index is 0.191. The molecule has 1 aliphatic carbocycles. The smallest absolute Gasteiger partial charge is 0.191 e. The molecule has 1 atom stereocenters. The maximum absolute atomic E-state index is 9.54.